The highest BCUT2D eigenvalue weighted by atomic mass is 16.5. The van der Waals surface area contributed by atoms with Crippen LogP contribution < -0.4 is 10.2 Å². The predicted octanol–water partition coefficient (Wildman–Crippen LogP) is 5.77. The first kappa shape index (κ1) is 20.9. The van der Waals surface area contributed by atoms with E-state index in [1.54, 1.807) is 0 Å². The number of piperidine rings is 1. The van der Waals surface area contributed by atoms with E-state index in [0.717, 1.165) is 54.1 Å². The molecule has 0 atom stereocenters. The van der Waals surface area contributed by atoms with Crippen LogP contribution in [0.15, 0.2) is 52.7 Å². The van der Waals surface area contributed by atoms with Crippen molar-refractivity contribution in [2.24, 2.45) is 5.41 Å². The van der Waals surface area contributed by atoms with Crippen molar-refractivity contribution in [1.82, 2.24) is 20.7 Å². The van der Waals surface area contributed by atoms with Gasteiger partial charge in [-0.1, -0.05) is 23.4 Å². The Kier molecular flexibility index (Phi) is 4.66. The van der Waals surface area contributed by atoms with Crippen molar-refractivity contribution >= 4 is 27.7 Å². The lowest BCUT2D eigenvalue weighted by Gasteiger charge is -2.47. The van der Waals surface area contributed by atoms with Crippen molar-refractivity contribution in [1.29, 1.82) is 0 Å². The van der Waals surface area contributed by atoms with E-state index in [4.69, 9.17) is 4.52 Å². The van der Waals surface area contributed by atoms with Crippen LogP contribution in [-0.4, -0.2) is 35.0 Å². The highest BCUT2D eigenvalue weighted by Gasteiger charge is 2.44. The summed E-state index contributed by atoms with van der Waals surface area (Å²) in [5, 5.41) is 17.7. The molecule has 7 rings (SSSR count). The lowest BCUT2D eigenvalue weighted by Crippen LogP contribution is -2.42. The van der Waals surface area contributed by atoms with E-state index in [9.17, 15) is 0 Å². The molecule has 0 amide bonds. The molecule has 0 bridgehead atoms. The van der Waals surface area contributed by atoms with Crippen molar-refractivity contribution in [2.75, 3.05) is 24.5 Å². The number of allylic oxidation sites excluding steroid dienone is 4. The number of nitrogens with zero attached hydrogens (tertiary/aromatic N) is 4. The summed E-state index contributed by atoms with van der Waals surface area (Å²) >= 11 is 0. The van der Waals surface area contributed by atoms with Crippen molar-refractivity contribution in [3.8, 4) is 0 Å². The number of aryl methyl sites for hydroxylation is 1. The van der Waals surface area contributed by atoms with Crippen LogP contribution in [0.25, 0.3) is 22.0 Å². The molecule has 6 heteroatoms. The van der Waals surface area contributed by atoms with E-state index in [-0.39, 0.29) is 0 Å². The Balaban J connectivity index is 1.12. The average Bonchev–Trinajstić information content (AvgIpc) is 3.61. The zero-order chi connectivity index (χ0) is 23.6. The second-order valence-electron chi connectivity index (χ2n) is 10.8. The van der Waals surface area contributed by atoms with E-state index in [1.807, 2.05) is 6.92 Å². The number of hydrogen-bond donors (Lipinski definition) is 1. The van der Waals surface area contributed by atoms with Gasteiger partial charge in [-0.2, -0.15) is 10.2 Å². The molecule has 2 aliphatic carbocycles. The summed E-state index contributed by atoms with van der Waals surface area (Å²) in [7, 11) is 0. The van der Waals surface area contributed by atoms with Gasteiger partial charge in [0.15, 0.2) is 0 Å². The predicted molar refractivity (Wildman–Crippen MR) is 139 cm³/mol. The summed E-state index contributed by atoms with van der Waals surface area (Å²) in [6.07, 6.45) is 12.8. The minimum Gasteiger partial charge on any atom is -0.387 e. The fourth-order valence-electron chi connectivity index (χ4n) is 6.05. The number of rotatable bonds is 4. The Morgan fingerprint density at radius 1 is 1.09 bits per heavy atom. The van der Waals surface area contributed by atoms with Gasteiger partial charge in [0.05, 0.1) is 11.2 Å². The number of benzene rings is 1. The van der Waals surface area contributed by atoms with Crippen molar-refractivity contribution in [3.63, 3.8) is 0 Å². The summed E-state index contributed by atoms with van der Waals surface area (Å²) in [6.45, 7) is 7.12. The van der Waals surface area contributed by atoms with Crippen molar-refractivity contribution < 1.29 is 4.52 Å². The van der Waals surface area contributed by atoms with Crippen LogP contribution in [0, 0.1) is 12.3 Å². The topological polar surface area (TPSA) is 67.1 Å². The average molecular weight is 466 g/mol. The summed E-state index contributed by atoms with van der Waals surface area (Å²) in [5.41, 5.74) is 9.74. The third-order valence-corrected chi connectivity index (χ3v) is 8.25. The van der Waals surface area contributed by atoms with Crippen LogP contribution in [-0.2, 0) is 0 Å². The number of dihydropyridines is 1. The molecule has 4 aliphatic rings. The summed E-state index contributed by atoms with van der Waals surface area (Å²) in [6, 6.07) is 8.70. The quantitative estimate of drug-likeness (QED) is 0.528. The highest BCUT2D eigenvalue weighted by molar-refractivity contribution is 5.88. The molecule has 2 fully saturated rings. The Morgan fingerprint density at radius 3 is 2.69 bits per heavy atom. The molecule has 1 spiro atoms. The molecule has 3 aromatic rings. The Hall–Kier alpha value is -3.41. The van der Waals surface area contributed by atoms with Gasteiger partial charge in [0.1, 0.15) is 11.5 Å². The minimum atomic E-state index is 0.308. The highest BCUT2D eigenvalue weighted by Crippen LogP contribution is 2.55. The van der Waals surface area contributed by atoms with Gasteiger partial charge in [-0.3, -0.25) is 0 Å². The maximum Gasteiger partial charge on any atom is 0.147 e. The van der Waals surface area contributed by atoms with Gasteiger partial charge < -0.3 is 14.7 Å². The Bertz CT molecular complexity index is 1420. The van der Waals surface area contributed by atoms with E-state index in [2.05, 4.69) is 75.1 Å². The summed E-state index contributed by atoms with van der Waals surface area (Å²) in [4.78, 5) is 2.51. The van der Waals surface area contributed by atoms with E-state index >= 15 is 0 Å². The number of anilines is 1. The van der Waals surface area contributed by atoms with Gasteiger partial charge in [-0.25, -0.2) is 0 Å². The van der Waals surface area contributed by atoms with Crippen LogP contribution in [0.1, 0.15) is 67.7 Å². The molecule has 2 aliphatic heterocycles. The van der Waals surface area contributed by atoms with Crippen LogP contribution in [0.5, 0.6) is 0 Å². The first-order chi connectivity index (χ1) is 17.1. The second kappa shape index (κ2) is 7.80. The summed E-state index contributed by atoms with van der Waals surface area (Å²) < 4.78 is 5.97. The smallest absolute Gasteiger partial charge is 0.147 e. The Morgan fingerprint density at radius 2 is 1.91 bits per heavy atom. The normalized spacial score (nSPS) is 21.3. The number of aromatic nitrogens is 3. The van der Waals surface area contributed by atoms with Crippen molar-refractivity contribution in [2.45, 2.75) is 51.9 Å². The number of fused-ring (bicyclic) bond motifs is 1. The monoisotopic (exact) mass is 465 g/mol. The van der Waals surface area contributed by atoms with Crippen molar-refractivity contribution in [3.05, 3.63) is 70.9 Å². The molecule has 1 saturated heterocycles. The van der Waals surface area contributed by atoms with Crippen LogP contribution >= 0.6 is 0 Å². The zero-order valence-electron chi connectivity index (χ0n) is 20.5. The maximum atomic E-state index is 5.97. The first-order valence-electron chi connectivity index (χ1n) is 12.9. The molecule has 4 heterocycles. The van der Waals surface area contributed by atoms with E-state index < -0.39 is 0 Å². The third kappa shape index (κ3) is 3.58. The molecule has 0 radical (unpaired) electrons. The number of hydrogen-bond acceptors (Lipinski definition) is 6. The number of nitrogens with one attached hydrogen (secondary N) is 1. The van der Waals surface area contributed by atoms with E-state index in [1.165, 1.54) is 53.7 Å². The fourth-order valence-corrected chi connectivity index (χ4v) is 6.05. The lowest BCUT2D eigenvalue weighted by atomic mass is 9.63. The second-order valence-corrected chi connectivity index (χ2v) is 10.8. The van der Waals surface area contributed by atoms with Crippen LogP contribution in [0.3, 0.4) is 0 Å². The van der Waals surface area contributed by atoms with Gasteiger partial charge >= 0.3 is 0 Å². The van der Waals surface area contributed by atoms with Crippen LogP contribution in [0.4, 0.5) is 5.69 Å². The lowest BCUT2D eigenvalue weighted by molar-refractivity contribution is 0.277. The molecular weight excluding hydrogens is 434 g/mol. The Labute approximate surface area is 205 Å². The minimum absolute atomic E-state index is 0.308. The molecular formula is C29H31N5O. The molecule has 2 aromatic heterocycles. The molecule has 178 valence electrons. The zero-order valence-corrected chi connectivity index (χ0v) is 20.5. The molecule has 1 aromatic carbocycles. The molecule has 6 nitrogen and oxygen atoms in total. The fraction of sp³-hybridized carbons (Fsp3) is 0.414. The van der Waals surface area contributed by atoms with Gasteiger partial charge in [-0.05, 0) is 80.7 Å². The van der Waals surface area contributed by atoms with Gasteiger partial charge in [0.2, 0.25) is 0 Å². The largest absolute Gasteiger partial charge is 0.387 e. The van der Waals surface area contributed by atoms with Gasteiger partial charge in [0, 0.05) is 54.0 Å². The van der Waals surface area contributed by atoms with E-state index in [0.29, 0.717) is 11.3 Å². The van der Waals surface area contributed by atoms with Gasteiger partial charge in [-0.15, -0.1) is 0 Å². The van der Waals surface area contributed by atoms with Crippen LogP contribution in [0.2, 0.25) is 0 Å². The first-order valence-corrected chi connectivity index (χ1v) is 12.9. The van der Waals surface area contributed by atoms with Gasteiger partial charge in [0.25, 0.3) is 0 Å². The molecule has 1 saturated carbocycles. The molecule has 0 unspecified atom stereocenters. The standard InChI is InChI=1S/C29H31N5O/c1-18-17-30-10-7-24(18)27-26(28(35-33-27)20-3-4-20)22-15-29(16-22)8-11-34(12-9-29)23-6-5-21-13-19(2)31-32-25(21)14-23/h5-7,13-15,17,20,30H,3-4,8-12,16H2,1-2H3. The molecule has 1 N–H and O–H groups in total. The SMILES string of the molecule is CC1=CNCC=C1c1noc(C2CC2)c1C1=CC2(CCN(c3ccc4cc(C)nnc4c3)CC2)C1. The summed E-state index contributed by atoms with van der Waals surface area (Å²) in [5.74, 6) is 1.68. The maximum absolute atomic E-state index is 5.97. The molecule has 35 heavy (non-hydrogen) atoms. The third-order valence-electron chi connectivity index (χ3n) is 8.25.